The molecule has 0 saturated carbocycles. The molecule has 1 fully saturated rings. The van der Waals surface area contributed by atoms with E-state index in [1.807, 2.05) is 4.90 Å². The predicted octanol–water partition coefficient (Wildman–Crippen LogP) is 1.68. The average molecular weight is 219 g/mol. The molecule has 2 rings (SSSR count). The highest BCUT2D eigenvalue weighted by Crippen LogP contribution is 2.21. The van der Waals surface area contributed by atoms with Crippen LogP contribution in [0, 0.1) is 0 Å². The van der Waals surface area contributed by atoms with Crippen LogP contribution in [-0.4, -0.2) is 28.4 Å². The van der Waals surface area contributed by atoms with Gasteiger partial charge in [-0.05, 0) is 32.3 Å². The number of amides is 1. The number of nitrogen functional groups attached to an aromatic ring is 1. The highest BCUT2D eigenvalue weighted by molar-refractivity contribution is 5.99. The van der Waals surface area contributed by atoms with Crippen LogP contribution in [0.1, 0.15) is 36.5 Å². The summed E-state index contributed by atoms with van der Waals surface area (Å²) in [6.45, 7) is 2.93. The van der Waals surface area contributed by atoms with Crippen molar-refractivity contribution in [3.8, 4) is 0 Å². The summed E-state index contributed by atoms with van der Waals surface area (Å²) < 4.78 is 0. The van der Waals surface area contributed by atoms with E-state index in [-0.39, 0.29) is 5.91 Å². The molecular formula is C12H17N3O. The Kier molecular flexibility index (Phi) is 3.08. The van der Waals surface area contributed by atoms with Gasteiger partial charge in [0.2, 0.25) is 0 Å². The first-order chi connectivity index (χ1) is 7.70. The van der Waals surface area contributed by atoms with E-state index < -0.39 is 0 Å². The zero-order valence-corrected chi connectivity index (χ0v) is 9.52. The van der Waals surface area contributed by atoms with Crippen LogP contribution < -0.4 is 5.73 Å². The molecule has 16 heavy (non-hydrogen) atoms. The topological polar surface area (TPSA) is 59.2 Å². The molecule has 1 amide bonds. The molecule has 1 saturated heterocycles. The lowest BCUT2D eigenvalue weighted by molar-refractivity contribution is 0.0636. The Balaban J connectivity index is 2.21. The number of nitrogens with two attached hydrogens (primary N) is 1. The molecular weight excluding hydrogens is 202 g/mol. The van der Waals surface area contributed by atoms with Crippen LogP contribution in [0.4, 0.5) is 5.69 Å². The quantitative estimate of drug-likeness (QED) is 0.781. The molecule has 4 nitrogen and oxygen atoms in total. The third-order valence-electron chi connectivity index (χ3n) is 3.15. The Morgan fingerprint density at radius 2 is 2.38 bits per heavy atom. The number of carbonyl (C=O) groups is 1. The summed E-state index contributed by atoms with van der Waals surface area (Å²) in [5, 5.41) is 0. The Morgan fingerprint density at radius 1 is 1.56 bits per heavy atom. The Labute approximate surface area is 95.5 Å². The summed E-state index contributed by atoms with van der Waals surface area (Å²) in [4.78, 5) is 18.1. The van der Waals surface area contributed by atoms with Gasteiger partial charge in [0, 0.05) is 18.8 Å². The van der Waals surface area contributed by atoms with Crippen molar-refractivity contribution < 1.29 is 4.79 Å². The molecule has 86 valence electrons. The molecule has 1 unspecified atom stereocenters. The first-order valence-electron chi connectivity index (χ1n) is 5.70. The van der Waals surface area contributed by atoms with E-state index in [1.54, 1.807) is 12.3 Å². The lowest BCUT2D eigenvalue weighted by Gasteiger charge is -2.33. The molecule has 1 aromatic rings. The number of pyridine rings is 1. The van der Waals surface area contributed by atoms with Gasteiger partial charge in [0.25, 0.3) is 5.91 Å². The van der Waals surface area contributed by atoms with Crippen molar-refractivity contribution in [3.05, 3.63) is 24.0 Å². The molecule has 0 radical (unpaired) electrons. The summed E-state index contributed by atoms with van der Waals surface area (Å²) in [7, 11) is 0. The normalized spacial score (nSPS) is 20.8. The van der Waals surface area contributed by atoms with Gasteiger partial charge in [0.1, 0.15) is 0 Å². The van der Waals surface area contributed by atoms with Crippen molar-refractivity contribution in [2.75, 3.05) is 12.3 Å². The summed E-state index contributed by atoms with van der Waals surface area (Å²) in [5.41, 5.74) is 6.80. The molecule has 2 heterocycles. The van der Waals surface area contributed by atoms with E-state index >= 15 is 0 Å². The van der Waals surface area contributed by atoms with Crippen LogP contribution in [0.5, 0.6) is 0 Å². The van der Waals surface area contributed by atoms with Crippen molar-refractivity contribution in [1.82, 2.24) is 9.88 Å². The number of carbonyl (C=O) groups excluding carboxylic acids is 1. The average Bonchev–Trinajstić information content (AvgIpc) is 2.29. The number of hydrogen-bond donors (Lipinski definition) is 1. The number of likely N-dealkylation sites (tertiary alicyclic amines) is 1. The van der Waals surface area contributed by atoms with Crippen molar-refractivity contribution in [2.24, 2.45) is 0 Å². The van der Waals surface area contributed by atoms with E-state index in [0.29, 0.717) is 17.3 Å². The molecule has 1 atom stereocenters. The summed E-state index contributed by atoms with van der Waals surface area (Å²) >= 11 is 0. The van der Waals surface area contributed by atoms with Gasteiger partial charge in [-0.3, -0.25) is 9.78 Å². The predicted molar refractivity (Wildman–Crippen MR) is 63.0 cm³/mol. The molecule has 0 aromatic carbocycles. The highest BCUT2D eigenvalue weighted by Gasteiger charge is 2.25. The molecule has 2 N–H and O–H groups in total. The minimum absolute atomic E-state index is 0.0344. The summed E-state index contributed by atoms with van der Waals surface area (Å²) in [6.07, 6.45) is 6.51. The number of aromatic nitrogens is 1. The molecule has 1 aromatic heterocycles. The largest absolute Gasteiger partial charge is 0.397 e. The second-order valence-electron chi connectivity index (χ2n) is 4.31. The van der Waals surface area contributed by atoms with Gasteiger partial charge >= 0.3 is 0 Å². The van der Waals surface area contributed by atoms with E-state index in [2.05, 4.69) is 11.9 Å². The zero-order chi connectivity index (χ0) is 11.5. The van der Waals surface area contributed by atoms with Crippen molar-refractivity contribution in [2.45, 2.75) is 32.2 Å². The number of hydrogen-bond acceptors (Lipinski definition) is 3. The van der Waals surface area contributed by atoms with Gasteiger partial charge in [-0.15, -0.1) is 0 Å². The van der Waals surface area contributed by atoms with E-state index in [0.717, 1.165) is 19.4 Å². The summed E-state index contributed by atoms with van der Waals surface area (Å²) in [6, 6.07) is 2.01. The second-order valence-corrected chi connectivity index (χ2v) is 4.31. The molecule has 0 bridgehead atoms. The first kappa shape index (κ1) is 10.9. The van der Waals surface area contributed by atoms with Crippen LogP contribution in [0.25, 0.3) is 0 Å². The van der Waals surface area contributed by atoms with Gasteiger partial charge in [-0.1, -0.05) is 0 Å². The maximum atomic E-state index is 12.2. The monoisotopic (exact) mass is 219 g/mol. The van der Waals surface area contributed by atoms with E-state index in [9.17, 15) is 4.79 Å². The molecule has 1 aliphatic heterocycles. The maximum Gasteiger partial charge on any atom is 0.256 e. The van der Waals surface area contributed by atoms with Crippen molar-refractivity contribution >= 4 is 11.6 Å². The fraction of sp³-hybridized carbons (Fsp3) is 0.500. The second kappa shape index (κ2) is 4.51. The molecule has 1 aliphatic rings. The van der Waals surface area contributed by atoms with Crippen molar-refractivity contribution in [3.63, 3.8) is 0 Å². The Morgan fingerprint density at radius 3 is 3.06 bits per heavy atom. The van der Waals surface area contributed by atoms with Crippen LogP contribution in [0.2, 0.25) is 0 Å². The zero-order valence-electron chi connectivity index (χ0n) is 9.52. The molecule has 0 spiro atoms. The van der Waals surface area contributed by atoms with Crippen LogP contribution in [0.3, 0.4) is 0 Å². The number of piperidine rings is 1. The minimum atomic E-state index is 0.0344. The highest BCUT2D eigenvalue weighted by atomic mass is 16.2. The van der Waals surface area contributed by atoms with Gasteiger partial charge in [0.15, 0.2) is 0 Å². The third-order valence-corrected chi connectivity index (χ3v) is 3.15. The van der Waals surface area contributed by atoms with E-state index in [1.165, 1.54) is 12.6 Å². The summed E-state index contributed by atoms with van der Waals surface area (Å²) in [5.74, 6) is 0.0344. The number of rotatable bonds is 1. The van der Waals surface area contributed by atoms with Gasteiger partial charge in [-0.25, -0.2) is 0 Å². The van der Waals surface area contributed by atoms with Crippen LogP contribution >= 0.6 is 0 Å². The fourth-order valence-corrected chi connectivity index (χ4v) is 2.16. The Hall–Kier alpha value is -1.58. The van der Waals surface area contributed by atoms with Gasteiger partial charge < -0.3 is 10.6 Å². The molecule has 4 heteroatoms. The molecule has 0 aliphatic carbocycles. The van der Waals surface area contributed by atoms with Gasteiger partial charge in [0.05, 0.1) is 17.4 Å². The first-order valence-corrected chi connectivity index (χ1v) is 5.70. The lowest BCUT2D eigenvalue weighted by Crippen LogP contribution is -2.42. The number of nitrogens with zero attached hydrogens (tertiary/aromatic N) is 2. The maximum absolute atomic E-state index is 12.2. The lowest BCUT2D eigenvalue weighted by atomic mass is 10.0. The van der Waals surface area contributed by atoms with Crippen molar-refractivity contribution in [1.29, 1.82) is 0 Å². The number of anilines is 1. The Bertz CT molecular complexity index is 392. The van der Waals surface area contributed by atoms with E-state index in [4.69, 9.17) is 5.73 Å². The standard InChI is InChI=1S/C12H17N3O/c1-9-4-2-3-7-15(9)12(16)10-5-6-14-8-11(10)13/h5-6,8-9H,2-4,7,13H2,1H3. The third kappa shape index (κ3) is 2.01. The smallest absolute Gasteiger partial charge is 0.256 e. The van der Waals surface area contributed by atoms with Crippen LogP contribution in [-0.2, 0) is 0 Å². The minimum Gasteiger partial charge on any atom is -0.397 e. The SMILES string of the molecule is CC1CCCCN1C(=O)c1ccncc1N. The van der Waals surface area contributed by atoms with Gasteiger partial charge in [-0.2, -0.15) is 0 Å². The fourth-order valence-electron chi connectivity index (χ4n) is 2.16. The van der Waals surface area contributed by atoms with Crippen LogP contribution in [0.15, 0.2) is 18.5 Å².